The Morgan fingerprint density at radius 1 is 1.19 bits per heavy atom. The van der Waals surface area contributed by atoms with Crippen molar-refractivity contribution in [2.45, 2.75) is 18.1 Å². The first-order valence-electron chi connectivity index (χ1n) is 9.60. The molecule has 0 aliphatic carbocycles. The molecule has 0 bridgehead atoms. The first kappa shape index (κ1) is 23.1. The van der Waals surface area contributed by atoms with Gasteiger partial charge in [0.25, 0.3) is 5.91 Å². The Kier molecular flexibility index (Phi) is 7.61. The van der Waals surface area contributed by atoms with E-state index in [1.807, 2.05) is 30.3 Å². The van der Waals surface area contributed by atoms with E-state index in [0.29, 0.717) is 33.3 Å². The summed E-state index contributed by atoms with van der Waals surface area (Å²) in [6.07, 6.45) is 1.06. The zero-order valence-electron chi connectivity index (χ0n) is 16.8. The van der Waals surface area contributed by atoms with Crippen LogP contribution in [-0.2, 0) is 10.5 Å². The highest BCUT2D eigenvalue weighted by Crippen LogP contribution is 2.31. The highest BCUT2D eigenvalue weighted by molar-refractivity contribution is 7.79. The van der Waals surface area contributed by atoms with Gasteiger partial charge in [0, 0.05) is 31.7 Å². The third kappa shape index (κ3) is 4.88. The summed E-state index contributed by atoms with van der Waals surface area (Å²) < 4.78 is 0. The van der Waals surface area contributed by atoms with Gasteiger partial charge in [-0.05, 0) is 40.1 Å². The molecule has 0 aromatic heterocycles. The highest BCUT2D eigenvalue weighted by atomic mass is 35.5. The van der Waals surface area contributed by atoms with Crippen molar-refractivity contribution in [3.63, 3.8) is 0 Å². The van der Waals surface area contributed by atoms with Crippen LogP contribution in [0.3, 0.4) is 0 Å². The number of amides is 1. The lowest BCUT2D eigenvalue weighted by atomic mass is 9.93. The van der Waals surface area contributed by atoms with Gasteiger partial charge >= 0.3 is 0 Å². The number of thiol groups is 1. The fraction of sp³-hybridized carbons (Fsp3) is 0.208. The van der Waals surface area contributed by atoms with E-state index in [9.17, 15) is 14.9 Å². The summed E-state index contributed by atoms with van der Waals surface area (Å²) in [5.41, 5.74) is 2.32. The minimum atomic E-state index is -0.244. The minimum Gasteiger partial charge on any atom is -0.341 e. The number of hydrogen-bond donors (Lipinski definition) is 1. The molecule has 0 fully saturated rings. The normalized spacial score (nSPS) is 11.7. The second kappa shape index (κ2) is 10.2. The van der Waals surface area contributed by atoms with Gasteiger partial charge < -0.3 is 9.69 Å². The summed E-state index contributed by atoms with van der Waals surface area (Å²) in [5.74, 6) is -0.216. The summed E-state index contributed by atoms with van der Waals surface area (Å²) in [5, 5.41) is 12.0. The van der Waals surface area contributed by atoms with Crippen LogP contribution in [-0.4, -0.2) is 30.7 Å². The lowest BCUT2D eigenvalue weighted by Gasteiger charge is -2.25. The lowest BCUT2D eigenvalue weighted by Crippen LogP contribution is -2.32. The molecule has 31 heavy (non-hydrogen) atoms. The second-order valence-corrected chi connectivity index (χ2v) is 8.36. The largest absolute Gasteiger partial charge is 0.341 e. The van der Waals surface area contributed by atoms with Gasteiger partial charge in [0.15, 0.2) is 0 Å². The topological polar surface area (TPSA) is 61.2 Å². The molecule has 4 nitrogen and oxygen atoms in total. The average Bonchev–Trinajstić information content (AvgIpc) is 2.78. The van der Waals surface area contributed by atoms with Gasteiger partial charge in [0.2, 0.25) is 0 Å². The number of benzene rings is 3. The van der Waals surface area contributed by atoms with Crippen LogP contribution in [0.2, 0.25) is 10.0 Å². The fourth-order valence-corrected chi connectivity index (χ4v) is 4.34. The van der Waals surface area contributed by atoms with Gasteiger partial charge in [-0.3, -0.25) is 4.79 Å². The summed E-state index contributed by atoms with van der Waals surface area (Å²) in [4.78, 5) is 26.4. The first-order chi connectivity index (χ1) is 14.9. The van der Waals surface area contributed by atoms with Crippen LogP contribution in [0, 0.1) is 11.3 Å². The number of nitriles is 1. The van der Waals surface area contributed by atoms with Crippen LogP contribution in [0.1, 0.15) is 39.4 Å². The monoisotopic (exact) mass is 470 g/mol. The molecule has 0 unspecified atom stereocenters. The number of carbonyl (C=O) groups excluding carboxylic acids is 2. The molecule has 0 aliphatic rings. The van der Waals surface area contributed by atoms with Crippen molar-refractivity contribution in [1.29, 1.82) is 5.26 Å². The molecular weight excluding hydrogens is 451 g/mol. The zero-order valence-corrected chi connectivity index (χ0v) is 19.2. The summed E-state index contributed by atoms with van der Waals surface area (Å²) in [6.45, 7) is 0.298. The summed E-state index contributed by atoms with van der Waals surface area (Å²) in [6, 6.07) is 16.6. The molecule has 3 rings (SSSR count). The van der Waals surface area contributed by atoms with E-state index >= 15 is 0 Å². The Morgan fingerprint density at radius 3 is 2.58 bits per heavy atom. The van der Waals surface area contributed by atoms with E-state index < -0.39 is 0 Å². The van der Waals surface area contributed by atoms with Crippen LogP contribution in [0.25, 0.3) is 10.8 Å². The van der Waals surface area contributed by atoms with Crippen molar-refractivity contribution < 1.29 is 9.59 Å². The molecule has 0 saturated carbocycles. The maximum atomic E-state index is 13.5. The van der Waals surface area contributed by atoms with Gasteiger partial charge in [0.1, 0.15) is 6.29 Å². The van der Waals surface area contributed by atoms with E-state index in [0.717, 1.165) is 22.6 Å². The molecule has 3 aromatic rings. The first-order valence-corrected chi connectivity index (χ1v) is 11.0. The molecule has 0 aliphatic heterocycles. The van der Waals surface area contributed by atoms with Crippen molar-refractivity contribution >= 4 is 58.8 Å². The highest BCUT2D eigenvalue weighted by Gasteiger charge is 2.24. The molecule has 1 amide bonds. The molecule has 0 saturated heterocycles. The SMILES string of the molecule is CN(C[C@@H](CC=O)c1ccc(Cl)c(Cl)c1)C(=O)c1c(CS)c(C#N)cc2ccccc12. The number of carbonyl (C=O) groups is 2. The van der Waals surface area contributed by atoms with Crippen molar-refractivity contribution in [3.05, 3.63) is 80.8 Å². The number of fused-ring (bicyclic) bond motifs is 1. The third-order valence-electron chi connectivity index (χ3n) is 5.29. The maximum absolute atomic E-state index is 13.5. The van der Waals surface area contributed by atoms with E-state index in [4.69, 9.17) is 23.2 Å². The molecule has 0 N–H and O–H groups in total. The molecule has 0 spiro atoms. The molecule has 0 heterocycles. The summed E-state index contributed by atoms with van der Waals surface area (Å²) >= 11 is 16.5. The minimum absolute atomic E-state index is 0.228. The van der Waals surface area contributed by atoms with Gasteiger partial charge in [0.05, 0.1) is 27.2 Å². The average molecular weight is 471 g/mol. The Bertz CT molecular complexity index is 1190. The van der Waals surface area contributed by atoms with Crippen molar-refractivity contribution in [2.24, 2.45) is 0 Å². The number of aldehydes is 1. The van der Waals surface area contributed by atoms with Gasteiger partial charge in [-0.2, -0.15) is 17.9 Å². The quantitative estimate of drug-likeness (QED) is 0.345. The smallest absolute Gasteiger partial charge is 0.254 e. The Balaban J connectivity index is 2.02. The van der Waals surface area contributed by atoms with Crippen molar-refractivity contribution in [2.75, 3.05) is 13.6 Å². The fourth-order valence-electron chi connectivity index (χ4n) is 3.70. The molecule has 3 aromatic carbocycles. The molecule has 0 radical (unpaired) electrons. The number of rotatable bonds is 7. The predicted molar refractivity (Wildman–Crippen MR) is 128 cm³/mol. The third-order valence-corrected chi connectivity index (χ3v) is 6.34. The van der Waals surface area contributed by atoms with Crippen LogP contribution in [0.15, 0.2) is 48.5 Å². The van der Waals surface area contributed by atoms with E-state index in [1.54, 1.807) is 30.1 Å². The standard InChI is InChI=1S/C24H20Cl2N2O2S/c1-28(13-17(8-9-29)15-6-7-21(25)22(26)11-15)24(30)23-19-5-3-2-4-16(19)10-18(12-27)20(23)14-31/h2-7,9-11,17,31H,8,13-14H2,1H3/t17-/m1/s1. The molecule has 158 valence electrons. The lowest BCUT2D eigenvalue weighted by molar-refractivity contribution is -0.108. The van der Waals surface area contributed by atoms with Gasteiger partial charge in [-0.1, -0.05) is 53.5 Å². The number of hydrogen-bond acceptors (Lipinski definition) is 4. The van der Waals surface area contributed by atoms with Crippen LogP contribution in [0.5, 0.6) is 0 Å². The predicted octanol–water partition coefficient (Wildman–Crippen LogP) is 5.89. The summed E-state index contributed by atoms with van der Waals surface area (Å²) in [7, 11) is 1.69. The number of nitrogens with zero attached hydrogens (tertiary/aromatic N) is 2. The van der Waals surface area contributed by atoms with E-state index in [1.165, 1.54) is 0 Å². The van der Waals surface area contributed by atoms with E-state index in [-0.39, 0.29) is 24.0 Å². The van der Waals surface area contributed by atoms with Crippen molar-refractivity contribution in [1.82, 2.24) is 4.90 Å². The van der Waals surface area contributed by atoms with Gasteiger partial charge in [-0.15, -0.1) is 0 Å². The Hall–Kier alpha value is -2.52. The Morgan fingerprint density at radius 2 is 1.94 bits per heavy atom. The number of likely N-dealkylation sites (N-methyl/N-ethyl adjacent to an activating group) is 1. The van der Waals surface area contributed by atoms with Crippen LogP contribution < -0.4 is 0 Å². The van der Waals surface area contributed by atoms with E-state index in [2.05, 4.69) is 18.7 Å². The van der Waals surface area contributed by atoms with Crippen molar-refractivity contribution in [3.8, 4) is 6.07 Å². The molecular formula is C24H20Cl2N2O2S. The Labute approximate surface area is 196 Å². The second-order valence-electron chi connectivity index (χ2n) is 7.23. The zero-order chi connectivity index (χ0) is 22.5. The van der Waals surface area contributed by atoms with Crippen LogP contribution >= 0.6 is 35.8 Å². The maximum Gasteiger partial charge on any atom is 0.254 e. The van der Waals surface area contributed by atoms with Crippen LogP contribution in [0.4, 0.5) is 0 Å². The number of halogens is 2. The molecule has 1 atom stereocenters. The van der Waals surface area contributed by atoms with Gasteiger partial charge in [-0.25, -0.2) is 0 Å². The molecule has 7 heteroatoms.